The summed E-state index contributed by atoms with van der Waals surface area (Å²) in [4.78, 5) is 23.3. The van der Waals surface area contributed by atoms with E-state index in [1.165, 1.54) is 0 Å². The molecule has 2 rings (SSSR count). The molecule has 2 aromatic rings. The van der Waals surface area contributed by atoms with E-state index in [9.17, 15) is 14.7 Å². The molecule has 21 heavy (non-hydrogen) atoms. The van der Waals surface area contributed by atoms with E-state index in [-0.39, 0.29) is 6.04 Å². The number of amides is 2. The molecule has 0 saturated carbocycles. The van der Waals surface area contributed by atoms with Crippen LogP contribution < -0.4 is 10.6 Å². The first kappa shape index (κ1) is 15.1. The van der Waals surface area contributed by atoms with Crippen LogP contribution in [0.15, 0.2) is 47.2 Å². The molecule has 0 fully saturated rings. The van der Waals surface area contributed by atoms with E-state index in [1.807, 2.05) is 23.8 Å². The molecule has 0 aliphatic rings. The standard InChI is InChI=1S/C15H16N2O3S/c1-10(12-7-8-21-9-12)16-15(20)17-13(14(18)19)11-5-3-2-4-6-11/h2-10,13H,1H3,(H,18,19)(H2,16,17,20). The fraction of sp³-hybridized carbons (Fsp3) is 0.200. The Balaban J connectivity index is 2.01. The predicted octanol–water partition coefficient (Wildman–Crippen LogP) is 2.93. The Hall–Kier alpha value is -2.34. The number of hydrogen-bond acceptors (Lipinski definition) is 3. The second kappa shape index (κ2) is 6.90. The number of hydrogen-bond donors (Lipinski definition) is 3. The van der Waals surface area contributed by atoms with E-state index in [4.69, 9.17) is 0 Å². The summed E-state index contributed by atoms with van der Waals surface area (Å²) in [5.41, 5.74) is 1.52. The summed E-state index contributed by atoms with van der Waals surface area (Å²) in [6.45, 7) is 1.85. The van der Waals surface area contributed by atoms with Crippen LogP contribution in [0.25, 0.3) is 0 Å². The lowest BCUT2D eigenvalue weighted by Crippen LogP contribution is -2.41. The molecule has 2 amide bonds. The molecule has 0 saturated heterocycles. The lowest BCUT2D eigenvalue weighted by Gasteiger charge is -2.18. The molecular formula is C15H16N2O3S. The second-order valence-corrected chi connectivity index (χ2v) is 5.36. The van der Waals surface area contributed by atoms with E-state index in [0.29, 0.717) is 5.56 Å². The molecule has 6 heteroatoms. The third-order valence-corrected chi connectivity index (χ3v) is 3.75. The Labute approximate surface area is 126 Å². The molecule has 0 aliphatic heterocycles. The smallest absolute Gasteiger partial charge is 0.330 e. The van der Waals surface area contributed by atoms with Crippen LogP contribution in [0.5, 0.6) is 0 Å². The lowest BCUT2D eigenvalue weighted by molar-refractivity contribution is -0.139. The summed E-state index contributed by atoms with van der Waals surface area (Å²) in [7, 11) is 0. The molecule has 2 unspecified atom stereocenters. The summed E-state index contributed by atoms with van der Waals surface area (Å²) >= 11 is 1.54. The maximum Gasteiger partial charge on any atom is 0.330 e. The quantitative estimate of drug-likeness (QED) is 0.794. The highest BCUT2D eigenvalue weighted by atomic mass is 32.1. The Morgan fingerprint density at radius 3 is 2.38 bits per heavy atom. The van der Waals surface area contributed by atoms with Gasteiger partial charge in [-0.15, -0.1) is 0 Å². The van der Waals surface area contributed by atoms with Crippen LogP contribution in [-0.4, -0.2) is 17.1 Å². The van der Waals surface area contributed by atoms with Gasteiger partial charge in [0.2, 0.25) is 0 Å². The van der Waals surface area contributed by atoms with Gasteiger partial charge in [-0.1, -0.05) is 30.3 Å². The summed E-state index contributed by atoms with van der Waals surface area (Å²) in [5, 5.41) is 18.3. The van der Waals surface area contributed by atoms with E-state index < -0.39 is 18.0 Å². The normalized spacial score (nSPS) is 13.2. The van der Waals surface area contributed by atoms with Gasteiger partial charge in [0, 0.05) is 0 Å². The van der Waals surface area contributed by atoms with Gasteiger partial charge in [-0.25, -0.2) is 9.59 Å². The fourth-order valence-electron chi connectivity index (χ4n) is 1.91. The largest absolute Gasteiger partial charge is 0.479 e. The monoisotopic (exact) mass is 304 g/mol. The van der Waals surface area contributed by atoms with Crippen molar-refractivity contribution in [2.45, 2.75) is 19.0 Å². The molecule has 2 atom stereocenters. The minimum atomic E-state index is -1.10. The Kier molecular flexibility index (Phi) is 4.94. The third-order valence-electron chi connectivity index (χ3n) is 3.05. The molecule has 0 radical (unpaired) electrons. The van der Waals surface area contributed by atoms with Crippen molar-refractivity contribution < 1.29 is 14.7 Å². The minimum Gasteiger partial charge on any atom is -0.479 e. The molecule has 5 nitrogen and oxygen atoms in total. The molecule has 3 N–H and O–H groups in total. The van der Waals surface area contributed by atoms with Crippen molar-refractivity contribution >= 4 is 23.3 Å². The molecule has 110 valence electrons. The number of nitrogens with one attached hydrogen (secondary N) is 2. The highest BCUT2D eigenvalue weighted by Crippen LogP contribution is 2.16. The predicted molar refractivity (Wildman–Crippen MR) is 81.2 cm³/mol. The number of carboxylic acid groups (broad SMARTS) is 1. The first-order chi connectivity index (χ1) is 10.1. The van der Waals surface area contributed by atoms with E-state index >= 15 is 0 Å². The average molecular weight is 304 g/mol. The van der Waals surface area contributed by atoms with Crippen molar-refractivity contribution in [3.63, 3.8) is 0 Å². The number of carbonyl (C=O) groups is 2. The Morgan fingerprint density at radius 1 is 1.10 bits per heavy atom. The number of rotatable bonds is 5. The zero-order valence-corrected chi connectivity index (χ0v) is 12.3. The van der Waals surface area contributed by atoms with Gasteiger partial charge in [-0.3, -0.25) is 0 Å². The lowest BCUT2D eigenvalue weighted by atomic mass is 10.1. The molecule has 1 heterocycles. The molecule has 1 aromatic heterocycles. The van der Waals surface area contributed by atoms with Gasteiger partial charge in [0.05, 0.1) is 6.04 Å². The van der Waals surface area contributed by atoms with Gasteiger partial charge in [0.25, 0.3) is 0 Å². The van der Waals surface area contributed by atoms with Crippen molar-refractivity contribution in [1.29, 1.82) is 0 Å². The maximum atomic E-state index is 12.0. The van der Waals surface area contributed by atoms with Crippen molar-refractivity contribution in [2.24, 2.45) is 0 Å². The second-order valence-electron chi connectivity index (χ2n) is 4.58. The third kappa shape index (κ3) is 4.06. The Morgan fingerprint density at radius 2 is 1.81 bits per heavy atom. The molecule has 0 aliphatic carbocycles. The van der Waals surface area contributed by atoms with Crippen LogP contribution in [0.2, 0.25) is 0 Å². The first-order valence-electron chi connectivity index (χ1n) is 6.45. The van der Waals surface area contributed by atoms with Crippen LogP contribution >= 0.6 is 11.3 Å². The van der Waals surface area contributed by atoms with E-state index in [1.54, 1.807) is 41.7 Å². The number of urea groups is 1. The highest BCUT2D eigenvalue weighted by Gasteiger charge is 2.22. The van der Waals surface area contributed by atoms with E-state index in [0.717, 1.165) is 5.56 Å². The van der Waals surface area contributed by atoms with Crippen molar-refractivity contribution in [2.75, 3.05) is 0 Å². The molecule has 1 aromatic carbocycles. The molecular weight excluding hydrogens is 288 g/mol. The van der Waals surface area contributed by atoms with Gasteiger partial charge in [0.15, 0.2) is 6.04 Å². The van der Waals surface area contributed by atoms with E-state index in [2.05, 4.69) is 10.6 Å². The van der Waals surface area contributed by atoms with Gasteiger partial charge >= 0.3 is 12.0 Å². The number of carboxylic acids is 1. The van der Waals surface area contributed by atoms with Crippen molar-refractivity contribution in [3.8, 4) is 0 Å². The number of benzene rings is 1. The minimum absolute atomic E-state index is 0.179. The molecule has 0 spiro atoms. The number of carbonyl (C=O) groups excluding carboxylic acids is 1. The average Bonchev–Trinajstić information content (AvgIpc) is 2.99. The maximum absolute atomic E-state index is 12.0. The van der Waals surface area contributed by atoms with Crippen molar-refractivity contribution in [3.05, 3.63) is 58.3 Å². The van der Waals surface area contributed by atoms with Gasteiger partial charge in [0.1, 0.15) is 0 Å². The number of aliphatic carboxylic acids is 1. The summed E-state index contributed by atoms with van der Waals surface area (Å²) in [6.07, 6.45) is 0. The SMILES string of the molecule is CC(NC(=O)NC(C(=O)O)c1ccccc1)c1ccsc1. The highest BCUT2D eigenvalue weighted by molar-refractivity contribution is 7.07. The van der Waals surface area contributed by atoms with Crippen LogP contribution in [0.4, 0.5) is 4.79 Å². The van der Waals surface area contributed by atoms with Crippen LogP contribution in [0.3, 0.4) is 0 Å². The zero-order valence-electron chi connectivity index (χ0n) is 11.4. The van der Waals surface area contributed by atoms with Crippen molar-refractivity contribution in [1.82, 2.24) is 10.6 Å². The fourth-order valence-corrected chi connectivity index (χ4v) is 2.66. The van der Waals surface area contributed by atoms with Crippen LogP contribution in [0.1, 0.15) is 30.1 Å². The molecule has 0 bridgehead atoms. The Bertz CT molecular complexity index is 599. The van der Waals surface area contributed by atoms with Gasteiger partial charge in [-0.2, -0.15) is 11.3 Å². The summed E-state index contributed by atoms with van der Waals surface area (Å²) < 4.78 is 0. The van der Waals surface area contributed by atoms with Crippen LogP contribution in [-0.2, 0) is 4.79 Å². The van der Waals surface area contributed by atoms with Gasteiger partial charge < -0.3 is 15.7 Å². The summed E-state index contributed by atoms with van der Waals surface area (Å²) in [5.74, 6) is -1.10. The van der Waals surface area contributed by atoms with Gasteiger partial charge in [-0.05, 0) is 34.9 Å². The first-order valence-corrected chi connectivity index (χ1v) is 7.39. The number of thiophene rings is 1. The topological polar surface area (TPSA) is 78.4 Å². The van der Waals surface area contributed by atoms with Crippen LogP contribution in [0, 0.1) is 0 Å². The zero-order chi connectivity index (χ0) is 15.2. The summed E-state index contributed by atoms with van der Waals surface area (Å²) in [6, 6.07) is 8.76.